The van der Waals surface area contributed by atoms with Crippen LogP contribution in [-0.4, -0.2) is 71.9 Å². The van der Waals surface area contributed by atoms with Crippen molar-refractivity contribution in [1.29, 1.82) is 0 Å². The third-order valence-corrected chi connectivity index (χ3v) is 2.59. The van der Waals surface area contributed by atoms with Gasteiger partial charge in [-0.25, -0.2) is 9.59 Å². The van der Waals surface area contributed by atoms with E-state index in [4.69, 9.17) is 33.2 Å². The summed E-state index contributed by atoms with van der Waals surface area (Å²) in [6, 6.07) is 0. The fourth-order valence-electron chi connectivity index (χ4n) is 1.53. The highest BCUT2D eigenvalue weighted by atomic mass is 16.7. The van der Waals surface area contributed by atoms with Gasteiger partial charge in [-0.05, 0) is 13.8 Å². The van der Waals surface area contributed by atoms with Gasteiger partial charge in [0.05, 0.1) is 46.8 Å². The molecule has 0 heterocycles. The molecule has 0 spiro atoms. The predicted molar refractivity (Wildman–Crippen MR) is 91.0 cm³/mol. The Kier molecular flexibility index (Phi) is 14.8. The molecule has 150 valence electrons. The summed E-state index contributed by atoms with van der Waals surface area (Å²) in [5, 5.41) is 0. The normalized spacial score (nSPS) is 11.2. The molecule has 0 saturated carbocycles. The monoisotopic (exact) mass is 376 g/mol. The third-order valence-electron chi connectivity index (χ3n) is 2.59. The summed E-state index contributed by atoms with van der Waals surface area (Å²) in [4.78, 5) is 22.6. The van der Waals surface area contributed by atoms with E-state index in [2.05, 4.69) is 6.58 Å². The van der Waals surface area contributed by atoms with E-state index in [1.807, 2.05) is 0 Å². The molecule has 0 rings (SSSR count). The van der Waals surface area contributed by atoms with Crippen LogP contribution in [0, 0.1) is 0 Å². The second kappa shape index (κ2) is 16.2. The van der Waals surface area contributed by atoms with Crippen LogP contribution < -0.4 is 0 Å². The molecule has 0 atom stereocenters. The first-order valence-corrected chi connectivity index (χ1v) is 8.26. The molecule has 0 unspecified atom stereocenters. The minimum Gasteiger partial charge on any atom is -0.482 e. The van der Waals surface area contributed by atoms with E-state index in [-0.39, 0.29) is 51.3 Å². The quantitative estimate of drug-likeness (QED) is 0.170. The Bertz CT molecular complexity index is 446. The van der Waals surface area contributed by atoms with E-state index in [0.717, 1.165) is 6.08 Å². The fraction of sp³-hybridized carbons (Fsp3) is 0.647. The van der Waals surface area contributed by atoms with Gasteiger partial charge in [-0.15, -0.1) is 0 Å². The lowest BCUT2D eigenvalue weighted by atomic mass is 10.5. The van der Waals surface area contributed by atoms with Crippen LogP contribution in [0.2, 0.25) is 0 Å². The molecule has 0 bridgehead atoms. The summed E-state index contributed by atoms with van der Waals surface area (Å²) in [5.41, 5.74) is 0. The number of rotatable bonds is 16. The van der Waals surface area contributed by atoms with Crippen LogP contribution >= 0.6 is 0 Å². The molecule has 0 aliphatic carbocycles. The van der Waals surface area contributed by atoms with Crippen molar-refractivity contribution in [3.63, 3.8) is 0 Å². The molecule has 26 heavy (non-hydrogen) atoms. The minimum atomic E-state index is -0.655. The van der Waals surface area contributed by atoms with E-state index >= 15 is 0 Å². The van der Waals surface area contributed by atoms with Crippen molar-refractivity contribution in [3.05, 3.63) is 24.4 Å². The molecule has 0 aromatic carbocycles. The predicted octanol–water partition coefficient (Wildman–Crippen LogP) is 1.18. The zero-order valence-corrected chi connectivity index (χ0v) is 15.6. The van der Waals surface area contributed by atoms with Crippen LogP contribution in [0.15, 0.2) is 24.4 Å². The summed E-state index contributed by atoms with van der Waals surface area (Å²) in [7, 11) is 1.36. The lowest BCUT2D eigenvalue weighted by Gasteiger charge is -2.14. The Morgan fingerprint density at radius 2 is 1.35 bits per heavy atom. The molecular formula is C17H28O9. The highest BCUT2D eigenvalue weighted by Gasteiger charge is 2.21. The minimum absolute atomic E-state index is 0.0609. The van der Waals surface area contributed by atoms with Crippen molar-refractivity contribution < 1.29 is 42.7 Å². The zero-order chi connectivity index (χ0) is 19.6. The Hall–Kier alpha value is -2.26. The zero-order valence-electron chi connectivity index (χ0n) is 15.6. The molecule has 9 nitrogen and oxygen atoms in total. The largest absolute Gasteiger partial charge is 0.482 e. The van der Waals surface area contributed by atoms with E-state index in [0.29, 0.717) is 13.2 Å². The van der Waals surface area contributed by atoms with E-state index in [1.54, 1.807) is 13.8 Å². The average molecular weight is 376 g/mol. The smallest absolute Gasteiger partial charge is 0.381 e. The number of hydrogen-bond acceptors (Lipinski definition) is 9. The van der Waals surface area contributed by atoms with Crippen molar-refractivity contribution >= 4 is 11.9 Å². The second-order valence-electron chi connectivity index (χ2n) is 4.42. The Balaban J connectivity index is 3.97. The van der Waals surface area contributed by atoms with Crippen molar-refractivity contribution in [1.82, 2.24) is 0 Å². The molecule has 9 heteroatoms. The van der Waals surface area contributed by atoms with E-state index in [1.165, 1.54) is 7.11 Å². The van der Waals surface area contributed by atoms with Crippen molar-refractivity contribution in [2.24, 2.45) is 0 Å². The summed E-state index contributed by atoms with van der Waals surface area (Å²) in [6.07, 6.45) is 1.09. The fourth-order valence-corrected chi connectivity index (χ4v) is 1.53. The van der Waals surface area contributed by atoms with Gasteiger partial charge in [-0.3, -0.25) is 0 Å². The number of methoxy groups -OCH3 is 1. The van der Waals surface area contributed by atoms with Gasteiger partial charge in [0.15, 0.2) is 0 Å². The molecule has 0 N–H and O–H groups in total. The van der Waals surface area contributed by atoms with Crippen LogP contribution in [0.4, 0.5) is 0 Å². The third kappa shape index (κ3) is 11.3. The highest BCUT2D eigenvalue weighted by molar-refractivity contribution is 5.86. The summed E-state index contributed by atoms with van der Waals surface area (Å²) in [5.74, 6) is -1.32. The number of carbonyl (C=O) groups is 2. The van der Waals surface area contributed by atoms with Gasteiger partial charge < -0.3 is 33.2 Å². The SMILES string of the molecule is C=CC(=O)OCCOCCOCCOC(OC)=C(OCC)C(=O)OCC. The van der Waals surface area contributed by atoms with Crippen LogP contribution in [0.25, 0.3) is 0 Å². The molecule has 0 radical (unpaired) electrons. The maximum Gasteiger partial charge on any atom is 0.381 e. The van der Waals surface area contributed by atoms with Crippen LogP contribution in [0.5, 0.6) is 0 Å². The van der Waals surface area contributed by atoms with Crippen LogP contribution in [0.1, 0.15) is 13.8 Å². The standard InChI is InChI=1S/C17H28O9/c1-5-14(18)25-12-10-21-8-9-22-11-13-26-17(20-4)15(23-6-2)16(19)24-7-3/h5H,1,6-13H2,2-4H3. The van der Waals surface area contributed by atoms with Gasteiger partial charge >= 0.3 is 17.9 Å². The van der Waals surface area contributed by atoms with Crippen molar-refractivity contribution in [2.45, 2.75) is 13.8 Å². The van der Waals surface area contributed by atoms with Crippen LogP contribution in [-0.2, 0) is 42.7 Å². The summed E-state index contributed by atoms with van der Waals surface area (Å²) in [6.45, 7) is 8.68. The van der Waals surface area contributed by atoms with Crippen molar-refractivity contribution in [3.8, 4) is 0 Å². The van der Waals surface area contributed by atoms with Gasteiger partial charge in [0.2, 0.25) is 0 Å². The highest BCUT2D eigenvalue weighted by Crippen LogP contribution is 2.11. The number of hydrogen-bond donors (Lipinski definition) is 0. The van der Waals surface area contributed by atoms with E-state index < -0.39 is 11.9 Å². The first-order chi connectivity index (χ1) is 12.6. The number of carbonyl (C=O) groups excluding carboxylic acids is 2. The molecule has 0 aromatic rings. The lowest BCUT2D eigenvalue weighted by molar-refractivity contribution is -0.144. The van der Waals surface area contributed by atoms with E-state index in [9.17, 15) is 9.59 Å². The molecular weight excluding hydrogens is 348 g/mol. The first-order valence-electron chi connectivity index (χ1n) is 8.26. The lowest BCUT2D eigenvalue weighted by Crippen LogP contribution is -2.17. The van der Waals surface area contributed by atoms with Gasteiger partial charge in [0, 0.05) is 6.08 Å². The molecule has 0 aliphatic rings. The van der Waals surface area contributed by atoms with Crippen LogP contribution in [0.3, 0.4) is 0 Å². The van der Waals surface area contributed by atoms with Crippen molar-refractivity contribution in [2.75, 3.05) is 60.0 Å². The molecule has 0 amide bonds. The first kappa shape index (κ1) is 23.7. The van der Waals surface area contributed by atoms with Gasteiger partial charge in [0.1, 0.15) is 13.2 Å². The summed E-state index contributed by atoms with van der Waals surface area (Å²) >= 11 is 0. The Morgan fingerprint density at radius 3 is 1.85 bits per heavy atom. The topological polar surface area (TPSA) is 98.8 Å². The second-order valence-corrected chi connectivity index (χ2v) is 4.42. The maximum absolute atomic E-state index is 11.8. The van der Waals surface area contributed by atoms with Gasteiger partial charge in [-0.1, -0.05) is 6.58 Å². The number of esters is 2. The Morgan fingerprint density at radius 1 is 0.808 bits per heavy atom. The molecule has 0 saturated heterocycles. The molecule has 0 fully saturated rings. The van der Waals surface area contributed by atoms with Gasteiger partial charge in [0.25, 0.3) is 5.76 Å². The maximum atomic E-state index is 11.8. The number of ether oxygens (including phenoxy) is 7. The molecule has 0 aliphatic heterocycles. The molecule has 0 aromatic heterocycles. The average Bonchev–Trinajstić information content (AvgIpc) is 2.64. The summed E-state index contributed by atoms with van der Waals surface area (Å²) < 4.78 is 35.8. The van der Waals surface area contributed by atoms with Gasteiger partial charge in [-0.2, -0.15) is 0 Å². The Labute approximate surface area is 153 Å².